The van der Waals surface area contributed by atoms with Crippen molar-refractivity contribution < 1.29 is 0 Å². The van der Waals surface area contributed by atoms with E-state index in [4.69, 9.17) is 0 Å². The highest BCUT2D eigenvalue weighted by Gasteiger charge is 2.46. The summed E-state index contributed by atoms with van der Waals surface area (Å²) in [7, 11) is 0. The normalized spacial score (nSPS) is 30.0. The van der Waals surface area contributed by atoms with E-state index in [1.54, 1.807) is 0 Å². The van der Waals surface area contributed by atoms with Crippen LogP contribution in [0.1, 0.15) is 65.7 Å². The number of hydrogen-bond acceptors (Lipinski definition) is 2. The van der Waals surface area contributed by atoms with Gasteiger partial charge >= 0.3 is 0 Å². The molecule has 0 radical (unpaired) electrons. The van der Waals surface area contributed by atoms with Crippen LogP contribution in [0.5, 0.6) is 0 Å². The summed E-state index contributed by atoms with van der Waals surface area (Å²) < 4.78 is 0. The highest BCUT2D eigenvalue weighted by Crippen LogP contribution is 2.45. The molecule has 2 heterocycles. The lowest BCUT2D eigenvalue weighted by Gasteiger charge is -2.56. The molecular weight excluding hydrogens is 244 g/mol. The van der Waals surface area contributed by atoms with Gasteiger partial charge in [0.15, 0.2) is 0 Å². The highest BCUT2D eigenvalue weighted by atomic mass is 15.2. The van der Waals surface area contributed by atoms with Gasteiger partial charge in [0.2, 0.25) is 0 Å². The van der Waals surface area contributed by atoms with Gasteiger partial charge in [-0.05, 0) is 76.8 Å². The third-order valence-electron chi connectivity index (χ3n) is 6.57. The first-order valence-electron chi connectivity index (χ1n) is 9.10. The van der Waals surface area contributed by atoms with Crippen LogP contribution in [-0.2, 0) is 0 Å². The Balaban J connectivity index is 1.43. The summed E-state index contributed by atoms with van der Waals surface area (Å²) in [6, 6.07) is 1.68. The van der Waals surface area contributed by atoms with E-state index in [1.807, 2.05) is 0 Å². The van der Waals surface area contributed by atoms with Gasteiger partial charge in [-0.25, -0.2) is 0 Å². The average molecular weight is 278 g/mol. The fraction of sp³-hybridized carbons (Fsp3) is 1.00. The summed E-state index contributed by atoms with van der Waals surface area (Å²) in [6.45, 7) is 12.6. The van der Waals surface area contributed by atoms with Crippen LogP contribution in [0.4, 0.5) is 0 Å². The van der Waals surface area contributed by atoms with Crippen molar-refractivity contribution in [3.8, 4) is 0 Å². The second-order valence-corrected chi connectivity index (χ2v) is 8.12. The number of hydrogen-bond donors (Lipinski definition) is 0. The Labute approximate surface area is 125 Å². The van der Waals surface area contributed by atoms with Gasteiger partial charge in [-0.3, -0.25) is 4.90 Å². The molecule has 2 aliphatic heterocycles. The van der Waals surface area contributed by atoms with Crippen molar-refractivity contribution in [2.75, 3.05) is 26.2 Å². The largest absolute Gasteiger partial charge is 0.300 e. The van der Waals surface area contributed by atoms with Crippen LogP contribution in [0.15, 0.2) is 0 Å². The molecule has 0 atom stereocenters. The Hall–Kier alpha value is -0.0800. The zero-order valence-corrected chi connectivity index (χ0v) is 13.9. The predicted octanol–water partition coefficient (Wildman–Crippen LogP) is 3.76. The van der Waals surface area contributed by atoms with E-state index in [0.717, 1.165) is 23.4 Å². The second kappa shape index (κ2) is 5.96. The molecule has 0 unspecified atom stereocenters. The molecule has 0 amide bonds. The van der Waals surface area contributed by atoms with Gasteiger partial charge in [0.05, 0.1) is 0 Å². The molecule has 2 saturated heterocycles. The van der Waals surface area contributed by atoms with Crippen LogP contribution in [0.3, 0.4) is 0 Å². The molecule has 3 aliphatic rings. The molecule has 3 rings (SSSR count). The van der Waals surface area contributed by atoms with E-state index >= 15 is 0 Å². The van der Waals surface area contributed by atoms with Crippen LogP contribution >= 0.6 is 0 Å². The topological polar surface area (TPSA) is 6.48 Å². The summed E-state index contributed by atoms with van der Waals surface area (Å²) >= 11 is 0. The van der Waals surface area contributed by atoms with Crippen LogP contribution in [0, 0.1) is 11.3 Å². The van der Waals surface area contributed by atoms with Gasteiger partial charge in [0.1, 0.15) is 0 Å². The molecule has 116 valence electrons. The van der Waals surface area contributed by atoms with E-state index in [9.17, 15) is 0 Å². The molecule has 0 aromatic rings. The lowest BCUT2D eigenvalue weighted by Crippen LogP contribution is -2.60. The zero-order valence-electron chi connectivity index (χ0n) is 13.9. The van der Waals surface area contributed by atoms with E-state index < -0.39 is 0 Å². The Bertz CT molecular complexity index is 301. The smallest absolute Gasteiger partial charge is 0.00957 e. The maximum Gasteiger partial charge on any atom is 0.00957 e. The quantitative estimate of drug-likeness (QED) is 0.775. The first-order valence-corrected chi connectivity index (χ1v) is 9.10. The van der Waals surface area contributed by atoms with Crippen molar-refractivity contribution in [1.29, 1.82) is 0 Å². The first kappa shape index (κ1) is 14.8. The van der Waals surface area contributed by atoms with Crippen molar-refractivity contribution in [3.05, 3.63) is 0 Å². The van der Waals surface area contributed by atoms with Gasteiger partial charge in [0, 0.05) is 25.2 Å². The molecule has 3 fully saturated rings. The summed E-state index contributed by atoms with van der Waals surface area (Å²) in [5, 5.41) is 0. The van der Waals surface area contributed by atoms with E-state index in [2.05, 4.69) is 30.6 Å². The van der Waals surface area contributed by atoms with Crippen molar-refractivity contribution in [2.45, 2.75) is 77.8 Å². The fourth-order valence-corrected chi connectivity index (χ4v) is 4.80. The van der Waals surface area contributed by atoms with Gasteiger partial charge < -0.3 is 4.90 Å². The van der Waals surface area contributed by atoms with Gasteiger partial charge in [-0.15, -0.1) is 0 Å². The lowest BCUT2D eigenvalue weighted by molar-refractivity contribution is -0.0631. The minimum absolute atomic E-state index is 0.725. The van der Waals surface area contributed by atoms with Crippen LogP contribution < -0.4 is 0 Å². The second-order valence-electron chi connectivity index (χ2n) is 8.12. The molecule has 1 aliphatic carbocycles. The first-order chi connectivity index (χ1) is 9.62. The fourth-order valence-electron chi connectivity index (χ4n) is 4.80. The van der Waals surface area contributed by atoms with Crippen LogP contribution in [0.2, 0.25) is 0 Å². The molecule has 0 aromatic heterocycles. The van der Waals surface area contributed by atoms with Gasteiger partial charge in [-0.2, -0.15) is 0 Å². The summed E-state index contributed by atoms with van der Waals surface area (Å²) in [5.41, 5.74) is 0.725. The maximum absolute atomic E-state index is 2.83. The summed E-state index contributed by atoms with van der Waals surface area (Å²) in [6.07, 6.45) is 10.2. The van der Waals surface area contributed by atoms with Crippen LogP contribution in [-0.4, -0.2) is 48.1 Å². The van der Waals surface area contributed by atoms with Crippen molar-refractivity contribution >= 4 is 0 Å². The third-order valence-corrected chi connectivity index (χ3v) is 6.57. The molecule has 0 aromatic carbocycles. The van der Waals surface area contributed by atoms with E-state index in [0.29, 0.717) is 0 Å². The third kappa shape index (κ3) is 2.92. The molecule has 1 saturated carbocycles. The number of piperidine rings is 1. The molecule has 2 heteroatoms. The monoisotopic (exact) mass is 278 g/mol. The standard InChI is InChI=1S/C18H34N2/c1-4-16-7-11-19(12-8-16)17-5-9-18(10-6-17)13-20(14-18)15(2)3/h15-17H,4-14H2,1-3H3. The SMILES string of the molecule is CCC1CCN(C2CCC3(CC2)CN(C(C)C)C3)CC1. The molecule has 0 bridgehead atoms. The number of rotatable bonds is 3. The Morgan fingerprint density at radius 1 is 1.00 bits per heavy atom. The Kier molecular flexibility index (Phi) is 4.42. The Morgan fingerprint density at radius 2 is 1.60 bits per heavy atom. The predicted molar refractivity (Wildman–Crippen MR) is 86.0 cm³/mol. The number of nitrogens with zero attached hydrogens (tertiary/aromatic N) is 2. The molecule has 1 spiro atoms. The minimum atomic E-state index is 0.725. The molecule has 0 N–H and O–H groups in total. The average Bonchev–Trinajstić information content (AvgIpc) is 2.45. The van der Waals surface area contributed by atoms with Crippen molar-refractivity contribution in [2.24, 2.45) is 11.3 Å². The van der Waals surface area contributed by atoms with Crippen LogP contribution in [0.25, 0.3) is 0 Å². The van der Waals surface area contributed by atoms with Crippen molar-refractivity contribution in [3.63, 3.8) is 0 Å². The minimum Gasteiger partial charge on any atom is -0.300 e. The van der Waals surface area contributed by atoms with Crippen molar-refractivity contribution in [1.82, 2.24) is 9.80 Å². The molecular formula is C18H34N2. The molecule has 2 nitrogen and oxygen atoms in total. The zero-order chi connectivity index (χ0) is 14.2. The number of likely N-dealkylation sites (tertiary alicyclic amines) is 2. The lowest BCUT2D eigenvalue weighted by atomic mass is 9.66. The maximum atomic E-state index is 2.83. The van der Waals surface area contributed by atoms with E-state index in [-0.39, 0.29) is 0 Å². The molecule has 20 heavy (non-hydrogen) atoms. The van der Waals surface area contributed by atoms with E-state index in [1.165, 1.54) is 71.1 Å². The van der Waals surface area contributed by atoms with Gasteiger partial charge in [0.25, 0.3) is 0 Å². The van der Waals surface area contributed by atoms with Gasteiger partial charge in [-0.1, -0.05) is 13.3 Å². The summed E-state index contributed by atoms with van der Waals surface area (Å²) in [4.78, 5) is 5.49. The Morgan fingerprint density at radius 3 is 2.10 bits per heavy atom. The summed E-state index contributed by atoms with van der Waals surface area (Å²) in [5.74, 6) is 1.02. The highest BCUT2D eigenvalue weighted by molar-refractivity contribution is 5.00.